The lowest BCUT2D eigenvalue weighted by atomic mass is 9.99. The number of nitrogens with zero attached hydrogens (tertiary/aromatic N) is 3. The van der Waals surface area contributed by atoms with E-state index in [1.54, 1.807) is 17.0 Å². The summed E-state index contributed by atoms with van der Waals surface area (Å²) in [4.78, 5) is 27.9. The summed E-state index contributed by atoms with van der Waals surface area (Å²) in [5, 5.41) is 14.9. The SMILES string of the molecule is CC1CCCN(c2ccc(C(=O)N3CCNC[C@@H]3C)cc2[N+](=O)[O-])C1.Cl. The maximum atomic E-state index is 12.8. The van der Waals surface area contributed by atoms with Gasteiger partial charge in [0.1, 0.15) is 5.69 Å². The molecule has 26 heavy (non-hydrogen) atoms. The maximum Gasteiger partial charge on any atom is 0.293 e. The molecule has 0 saturated carbocycles. The average Bonchev–Trinajstić information content (AvgIpc) is 2.61. The molecule has 7 nitrogen and oxygen atoms in total. The first-order valence-corrected chi connectivity index (χ1v) is 9.02. The normalized spacial score (nSPS) is 23.3. The largest absolute Gasteiger partial charge is 0.366 e. The standard InChI is InChI=1S/C18H26N4O3.ClH/c1-13-4-3-8-20(12-13)16-6-5-15(10-17(16)22(24)25)18(23)21-9-7-19-11-14(21)2;/h5-6,10,13-14,19H,3-4,7-9,11-12H2,1-2H3;1H/t13?,14-;/m0./s1. The first kappa shape index (κ1) is 20.5. The van der Waals surface area contributed by atoms with Crippen LogP contribution in [0.3, 0.4) is 0 Å². The highest BCUT2D eigenvalue weighted by Crippen LogP contribution is 2.32. The van der Waals surface area contributed by atoms with E-state index in [-0.39, 0.29) is 35.0 Å². The molecule has 0 bridgehead atoms. The van der Waals surface area contributed by atoms with Crippen molar-refractivity contribution >= 4 is 29.7 Å². The van der Waals surface area contributed by atoms with Crippen LogP contribution in [-0.4, -0.2) is 54.5 Å². The molecule has 144 valence electrons. The first-order chi connectivity index (χ1) is 12.0. The average molecular weight is 383 g/mol. The van der Waals surface area contributed by atoms with Gasteiger partial charge in [-0.1, -0.05) is 6.92 Å². The zero-order valence-electron chi connectivity index (χ0n) is 15.3. The Bertz CT molecular complexity index is 670. The molecule has 2 aliphatic rings. The number of piperidine rings is 1. The first-order valence-electron chi connectivity index (χ1n) is 9.02. The van der Waals surface area contributed by atoms with Gasteiger partial charge in [0, 0.05) is 50.4 Å². The predicted octanol–water partition coefficient (Wildman–Crippen LogP) is 2.69. The van der Waals surface area contributed by atoms with E-state index < -0.39 is 0 Å². The molecule has 0 aromatic heterocycles. The van der Waals surface area contributed by atoms with Crippen molar-refractivity contribution in [1.29, 1.82) is 0 Å². The molecular weight excluding hydrogens is 356 g/mol. The zero-order valence-corrected chi connectivity index (χ0v) is 16.1. The minimum atomic E-state index is -0.368. The Labute approximate surface area is 160 Å². The number of carbonyl (C=O) groups excluding carboxylic acids is 1. The van der Waals surface area contributed by atoms with E-state index in [4.69, 9.17) is 0 Å². The second-order valence-corrected chi connectivity index (χ2v) is 7.21. The lowest BCUT2D eigenvalue weighted by molar-refractivity contribution is -0.384. The van der Waals surface area contributed by atoms with Crippen molar-refractivity contribution in [1.82, 2.24) is 10.2 Å². The van der Waals surface area contributed by atoms with Crippen molar-refractivity contribution in [3.05, 3.63) is 33.9 Å². The number of hydrogen-bond donors (Lipinski definition) is 1. The van der Waals surface area contributed by atoms with Crippen molar-refractivity contribution in [2.45, 2.75) is 32.7 Å². The van der Waals surface area contributed by atoms with Gasteiger partial charge < -0.3 is 15.1 Å². The minimum Gasteiger partial charge on any atom is -0.366 e. The van der Waals surface area contributed by atoms with E-state index in [1.165, 1.54) is 6.07 Å². The number of carbonyl (C=O) groups is 1. The van der Waals surface area contributed by atoms with Crippen LogP contribution in [0.5, 0.6) is 0 Å². The highest BCUT2D eigenvalue weighted by molar-refractivity contribution is 5.96. The number of hydrogen-bond acceptors (Lipinski definition) is 5. The van der Waals surface area contributed by atoms with E-state index in [2.05, 4.69) is 17.1 Å². The lowest BCUT2D eigenvalue weighted by Gasteiger charge is -2.34. The number of halogens is 1. The minimum absolute atomic E-state index is 0. The molecule has 0 radical (unpaired) electrons. The summed E-state index contributed by atoms with van der Waals surface area (Å²) in [5.41, 5.74) is 1.05. The molecule has 2 aliphatic heterocycles. The monoisotopic (exact) mass is 382 g/mol. The Hall–Kier alpha value is -1.86. The number of nitro groups is 1. The van der Waals surface area contributed by atoms with Gasteiger partial charge in [0.2, 0.25) is 0 Å². The third kappa shape index (κ3) is 4.27. The Morgan fingerprint density at radius 1 is 1.31 bits per heavy atom. The summed E-state index contributed by atoms with van der Waals surface area (Å²) in [6, 6.07) is 5.02. The number of piperazine rings is 1. The molecule has 8 heteroatoms. The second kappa shape index (κ2) is 8.68. The van der Waals surface area contributed by atoms with Crippen molar-refractivity contribution < 1.29 is 9.72 Å². The van der Waals surface area contributed by atoms with Crippen LogP contribution in [0.1, 0.15) is 37.0 Å². The molecule has 1 amide bonds. The zero-order chi connectivity index (χ0) is 18.0. The molecule has 1 aromatic carbocycles. The fourth-order valence-corrected chi connectivity index (χ4v) is 3.79. The second-order valence-electron chi connectivity index (χ2n) is 7.21. The van der Waals surface area contributed by atoms with Crippen molar-refractivity contribution in [3.63, 3.8) is 0 Å². The van der Waals surface area contributed by atoms with E-state index in [9.17, 15) is 14.9 Å². The Kier molecular flexibility index (Phi) is 6.83. The summed E-state index contributed by atoms with van der Waals surface area (Å²) in [6.45, 7) is 7.93. The van der Waals surface area contributed by atoms with Crippen LogP contribution in [0.15, 0.2) is 18.2 Å². The third-order valence-corrected chi connectivity index (χ3v) is 5.18. The number of nitro benzene ring substituents is 1. The van der Waals surface area contributed by atoms with E-state index >= 15 is 0 Å². The Balaban J connectivity index is 0.00000243. The van der Waals surface area contributed by atoms with Gasteiger partial charge in [-0.25, -0.2) is 0 Å². The fourth-order valence-electron chi connectivity index (χ4n) is 3.79. The maximum absolute atomic E-state index is 12.8. The van der Waals surface area contributed by atoms with Crippen LogP contribution in [-0.2, 0) is 0 Å². The summed E-state index contributed by atoms with van der Waals surface area (Å²) >= 11 is 0. The number of benzene rings is 1. The molecule has 1 N–H and O–H groups in total. The summed E-state index contributed by atoms with van der Waals surface area (Å²) in [6.07, 6.45) is 2.19. The van der Waals surface area contributed by atoms with E-state index in [0.717, 1.165) is 39.0 Å². The van der Waals surface area contributed by atoms with Gasteiger partial charge in [-0.2, -0.15) is 0 Å². The fraction of sp³-hybridized carbons (Fsp3) is 0.611. The summed E-state index contributed by atoms with van der Waals surface area (Å²) in [7, 11) is 0. The van der Waals surface area contributed by atoms with Gasteiger partial charge in [0.05, 0.1) is 4.92 Å². The molecule has 3 rings (SSSR count). The smallest absolute Gasteiger partial charge is 0.293 e. The van der Waals surface area contributed by atoms with Crippen molar-refractivity contribution in [2.75, 3.05) is 37.6 Å². The highest BCUT2D eigenvalue weighted by atomic mass is 35.5. The molecule has 2 heterocycles. The molecule has 1 aromatic rings. The molecule has 2 saturated heterocycles. The summed E-state index contributed by atoms with van der Waals surface area (Å²) in [5.74, 6) is 0.395. The van der Waals surface area contributed by atoms with Gasteiger partial charge in [-0.15, -0.1) is 12.4 Å². The summed E-state index contributed by atoms with van der Waals surface area (Å²) < 4.78 is 0. The van der Waals surface area contributed by atoms with E-state index in [0.29, 0.717) is 23.7 Å². The van der Waals surface area contributed by atoms with Crippen LogP contribution >= 0.6 is 12.4 Å². The highest BCUT2D eigenvalue weighted by Gasteiger charge is 2.28. The molecule has 0 aliphatic carbocycles. The van der Waals surface area contributed by atoms with Gasteiger partial charge >= 0.3 is 0 Å². The quantitative estimate of drug-likeness (QED) is 0.642. The Morgan fingerprint density at radius 3 is 2.73 bits per heavy atom. The van der Waals surface area contributed by atoms with Gasteiger partial charge in [0.25, 0.3) is 11.6 Å². The van der Waals surface area contributed by atoms with Crippen LogP contribution in [0.25, 0.3) is 0 Å². The topological polar surface area (TPSA) is 78.7 Å². The van der Waals surface area contributed by atoms with Crippen LogP contribution in [0, 0.1) is 16.0 Å². The number of rotatable bonds is 3. The molecular formula is C18H27ClN4O3. The Morgan fingerprint density at radius 2 is 2.08 bits per heavy atom. The van der Waals surface area contributed by atoms with Crippen LogP contribution in [0.4, 0.5) is 11.4 Å². The van der Waals surface area contributed by atoms with Gasteiger partial charge in [-0.05, 0) is 37.8 Å². The number of anilines is 1. The van der Waals surface area contributed by atoms with Crippen LogP contribution in [0.2, 0.25) is 0 Å². The molecule has 2 atom stereocenters. The van der Waals surface area contributed by atoms with Gasteiger partial charge in [-0.3, -0.25) is 14.9 Å². The van der Waals surface area contributed by atoms with Crippen molar-refractivity contribution in [3.8, 4) is 0 Å². The lowest BCUT2D eigenvalue weighted by Crippen LogP contribution is -2.52. The molecule has 0 spiro atoms. The van der Waals surface area contributed by atoms with Crippen molar-refractivity contribution in [2.24, 2.45) is 5.92 Å². The van der Waals surface area contributed by atoms with Crippen LogP contribution < -0.4 is 10.2 Å². The molecule has 2 fully saturated rings. The third-order valence-electron chi connectivity index (χ3n) is 5.18. The predicted molar refractivity (Wildman–Crippen MR) is 104 cm³/mol. The molecule has 1 unspecified atom stereocenters. The van der Waals surface area contributed by atoms with E-state index in [1.807, 2.05) is 6.92 Å². The van der Waals surface area contributed by atoms with Gasteiger partial charge in [0.15, 0.2) is 0 Å². The number of nitrogens with one attached hydrogen (secondary N) is 1. The number of amides is 1.